The molecular formula is C8H8Cl2O. The largest absolute Gasteiger partial charge is 0.505 e. The lowest BCUT2D eigenvalue weighted by Gasteiger charge is -2.02. The number of halogens is 2. The van der Waals surface area contributed by atoms with E-state index < -0.39 is 0 Å². The standard InChI is InChI=1S/C8H8Cl2O/c1-2-5-3-6(9)8(11)7(10)4-5/h3-4,11H,2H2,1H3. The van der Waals surface area contributed by atoms with E-state index in [1.807, 2.05) is 6.92 Å². The molecule has 0 aliphatic carbocycles. The molecule has 0 aliphatic rings. The Morgan fingerprint density at radius 3 is 2.09 bits per heavy atom. The smallest absolute Gasteiger partial charge is 0.152 e. The van der Waals surface area contributed by atoms with Crippen LogP contribution in [0.1, 0.15) is 12.5 Å². The van der Waals surface area contributed by atoms with E-state index in [1.54, 1.807) is 12.1 Å². The summed E-state index contributed by atoms with van der Waals surface area (Å²) in [6.07, 6.45) is 0.861. The van der Waals surface area contributed by atoms with Gasteiger partial charge in [0.1, 0.15) is 0 Å². The van der Waals surface area contributed by atoms with Gasteiger partial charge in [0.2, 0.25) is 0 Å². The van der Waals surface area contributed by atoms with Crippen molar-refractivity contribution in [2.45, 2.75) is 13.3 Å². The second-order valence-electron chi connectivity index (χ2n) is 2.26. The number of aryl methyl sites for hydroxylation is 1. The zero-order chi connectivity index (χ0) is 8.43. The Kier molecular flexibility index (Phi) is 2.63. The summed E-state index contributed by atoms with van der Waals surface area (Å²) < 4.78 is 0. The average Bonchev–Trinajstić information content (AvgIpc) is 1.99. The van der Waals surface area contributed by atoms with Crippen molar-refractivity contribution < 1.29 is 5.11 Å². The molecule has 0 aliphatic heterocycles. The van der Waals surface area contributed by atoms with Crippen molar-refractivity contribution in [1.82, 2.24) is 0 Å². The number of hydrogen-bond donors (Lipinski definition) is 1. The first-order valence-electron chi connectivity index (χ1n) is 3.32. The van der Waals surface area contributed by atoms with Crippen molar-refractivity contribution in [3.8, 4) is 5.75 Å². The minimum absolute atomic E-state index is 0.0365. The number of rotatable bonds is 1. The molecule has 1 rings (SSSR count). The van der Waals surface area contributed by atoms with Crippen LogP contribution in [0.3, 0.4) is 0 Å². The highest BCUT2D eigenvalue weighted by atomic mass is 35.5. The molecule has 0 aromatic heterocycles. The molecule has 1 N–H and O–H groups in total. The minimum Gasteiger partial charge on any atom is -0.505 e. The van der Waals surface area contributed by atoms with Crippen LogP contribution in [0, 0.1) is 0 Å². The normalized spacial score (nSPS) is 10.1. The van der Waals surface area contributed by atoms with Crippen molar-refractivity contribution in [2.75, 3.05) is 0 Å². The number of phenolic OH excluding ortho intramolecular Hbond substituents is 1. The third kappa shape index (κ3) is 1.79. The fourth-order valence-corrected chi connectivity index (χ4v) is 1.35. The van der Waals surface area contributed by atoms with Crippen LogP contribution < -0.4 is 0 Å². The molecule has 0 unspecified atom stereocenters. The van der Waals surface area contributed by atoms with Crippen LogP contribution in [-0.2, 0) is 6.42 Å². The third-order valence-electron chi connectivity index (χ3n) is 1.48. The molecule has 0 bridgehead atoms. The SMILES string of the molecule is CCc1cc(Cl)c(O)c(Cl)c1. The van der Waals surface area contributed by atoms with Gasteiger partial charge in [0.15, 0.2) is 5.75 Å². The molecule has 0 atom stereocenters. The molecule has 0 radical (unpaired) electrons. The number of phenols is 1. The second kappa shape index (κ2) is 3.33. The molecule has 0 spiro atoms. The lowest BCUT2D eigenvalue weighted by Crippen LogP contribution is -1.80. The summed E-state index contributed by atoms with van der Waals surface area (Å²) in [5.41, 5.74) is 1.03. The molecule has 0 amide bonds. The summed E-state index contributed by atoms with van der Waals surface area (Å²) in [5, 5.41) is 9.79. The Morgan fingerprint density at radius 1 is 1.27 bits per heavy atom. The van der Waals surface area contributed by atoms with E-state index in [-0.39, 0.29) is 5.75 Å². The summed E-state index contributed by atoms with van der Waals surface area (Å²) in [5.74, 6) is -0.0365. The van der Waals surface area contributed by atoms with Gasteiger partial charge in [-0.05, 0) is 24.1 Å². The molecule has 3 heteroatoms. The Balaban J connectivity index is 3.21. The van der Waals surface area contributed by atoms with Gasteiger partial charge in [-0.2, -0.15) is 0 Å². The highest BCUT2D eigenvalue weighted by Gasteiger charge is 2.04. The molecule has 0 saturated carbocycles. The lowest BCUT2D eigenvalue weighted by atomic mass is 10.2. The topological polar surface area (TPSA) is 20.2 Å². The maximum atomic E-state index is 9.16. The van der Waals surface area contributed by atoms with Crippen molar-refractivity contribution in [3.63, 3.8) is 0 Å². The minimum atomic E-state index is -0.0365. The first kappa shape index (κ1) is 8.69. The first-order valence-corrected chi connectivity index (χ1v) is 4.07. The molecule has 0 fully saturated rings. The predicted octanol–water partition coefficient (Wildman–Crippen LogP) is 3.26. The maximum absolute atomic E-state index is 9.16. The average molecular weight is 191 g/mol. The van der Waals surface area contributed by atoms with E-state index in [4.69, 9.17) is 28.3 Å². The van der Waals surface area contributed by atoms with Gasteiger partial charge in [-0.3, -0.25) is 0 Å². The molecule has 1 aromatic rings. The fourth-order valence-electron chi connectivity index (χ4n) is 0.822. The highest BCUT2D eigenvalue weighted by molar-refractivity contribution is 6.37. The van der Waals surface area contributed by atoms with Crippen molar-refractivity contribution >= 4 is 23.2 Å². The third-order valence-corrected chi connectivity index (χ3v) is 2.06. The first-order chi connectivity index (χ1) is 5.15. The van der Waals surface area contributed by atoms with E-state index in [9.17, 15) is 0 Å². The summed E-state index contributed by atoms with van der Waals surface area (Å²) >= 11 is 11.3. The Bertz CT molecular complexity index is 248. The molecule has 1 aromatic carbocycles. The van der Waals surface area contributed by atoms with Crippen LogP contribution in [0.4, 0.5) is 0 Å². The molecule has 11 heavy (non-hydrogen) atoms. The van der Waals surface area contributed by atoms with Crippen LogP contribution in [0.5, 0.6) is 5.75 Å². The summed E-state index contributed by atoms with van der Waals surface area (Å²) in [6.45, 7) is 2.00. The number of hydrogen-bond acceptors (Lipinski definition) is 1. The van der Waals surface area contributed by atoms with Crippen LogP contribution in [-0.4, -0.2) is 5.11 Å². The molecular weight excluding hydrogens is 183 g/mol. The number of aromatic hydroxyl groups is 1. The summed E-state index contributed by atoms with van der Waals surface area (Å²) in [6, 6.07) is 3.42. The molecule has 0 saturated heterocycles. The van der Waals surface area contributed by atoms with Crippen LogP contribution in [0.15, 0.2) is 12.1 Å². The van der Waals surface area contributed by atoms with Gasteiger partial charge in [-0.25, -0.2) is 0 Å². The van der Waals surface area contributed by atoms with E-state index in [2.05, 4.69) is 0 Å². The van der Waals surface area contributed by atoms with E-state index >= 15 is 0 Å². The van der Waals surface area contributed by atoms with Gasteiger partial charge >= 0.3 is 0 Å². The number of benzene rings is 1. The highest BCUT2D eigenvalue weighted by Crippen LogP contribution is 2.32. The van der Waals surface area contributed by atoms with Crippen molar-refractivity contribution in [3.05, 3.63) is 27.7 Å². The Hall–Kier alpha value is -0.400. The van der Waals surface area contributed by atoms with Gasteiger partial charge in [0.05, 0.1) is 10.0 Å². The maximum Gasteiger partial charge on any atom is 0.152 e. The molecule has 1 nitrogen and oxygen atoms in total. The fraction of sp³-hybridized carbons (Fsp3) is 0.250. The molecule has 0 heterocycles. The van der Waals surface area contributed by atoms with Crippen LogP contribution in [0.25, 0.3) is 0 Å². The van der Waals surface area contributed by atoms with Gasteiger partial charge in [0.25, 0.3) is 0 Å². The monoisotopic (exact) mass is 190 g/mol. The zero-order valence-corrected chi connectivity index (χ0v) is 7.58. The summed E-state index contributed by atoms with van der Waals surface area (Å²) in [7, 11) is 0. The lowest BCUT2D eigenvalue weighted by molar-refractivity contribution is 0.475. The second-order valence-corrected chi connectivity index (χ2v) is 3.08. The van der Waals surface area contributed by atoms with E-state index in [1.165, 1.54) is 0 Å². The summed E-state index contributed by atoms with van der Waals surface area (Å²) in [4.78, 5) is 0. The Morgan fingerprint density at radius 2 is 1.73 bits per heavy atom. The van der Waals surface area contributed by atoms with Crippen LogP contribution in [0.2, 0.25) is 10.0 Å². The van der Waals surface area contributed by atoms with Gasteiger partial charge in [-0.15, -0.1) is 0 Å². The Labute approximate surface area is 75.6 Å². The van der Waals surface area contributed by atoms with Gasteiger partial charge in [-0.1, -0.05) is 30.1 Å². The van der Waals surface area contributed by atoms with Gasteiger partial charge in [0, 0.05) is 0 Å². The predicted molar refractivity (Wildman–Crippen MR) is 47.5 cm³/mol. The quantitative estimate of drug-likeness (QED) is 0.722. The van der Waals surface area contributed by atoms with E-state index in [0.717, 1.165) is 12.0 Å². The zero-order valence-electron chi connectivity index (χ0n) is 6.06. The van der Waals surface area contributed by atoms with Crippen LogP contribution >= 0.6 is 23.2 Å². The van der Waals surface area contributed by atoms with E-state index in [0.29, 0.717) is 10.0 Å². The van der Waals surface area contributed by atoms with Crippen molar-refractivity contribution in [1.29, 1.82) is 0 Å². The van der Waals surface area contributed by atoms with Crippen molar-refractivity contribution in [2.24, 2.45) is 0 Å². The van der Waals surface area contributed by atoms with Gasteiger partial charge < -0.3 is 5.11 Å². The molecule has 60 valence electrons.